The first-order valence-corrected chi connectivity index (χ1v) is 14.1. The zero-order valence-electron chi connectivity index (χ0n) is 21.2. The summed E-state index contributed by atoms with van der Waals surface area (Å²) >= 11 is 0. The molecule has 0 unspecified atom stereocenters. The van der Waals surface area contributed by atoms with Gasteiger partial charge in [-0.15, -0.1) is 0 Å². The lowest BCUT2D eigenvalue weighted by molar-refractivity contribution is -0.117. The molecule has 1 aromatic carbocycles. The summed E-state index contributed by atoms with van der Waals surface area (Å²) in [5, 5.41) is 2.86. The lowest BCUT2D eigenvalue weighted by atomic mass is 9.94. The van der Waals surface area contributed by atoms with Gasteiger partial charge < -0.3 is 10.2 Å². The molecule has 1 heterocycles. The largest absolute Gasteiger partial charge is 0.353 e. The number of rotatable bonds is 10. The van der Waals surface area contributed by atoms with Gasteiger partial charge in [0, 0.05) is 31.4 Å². The fraction of sp³-hybridized carbons (Fsp3) is 0.538. The molecule has 2 aliphatic carbocycles. The molecule has 36 heavy (non-hydrogen) atoms. The first-order chi connectivity index (χ1) is 17.1. The lowest BCUT2D eigenvalue weighted by Crippen LogP contribution is -2.39. The molecule has 2 saturated carbocycles. The van der Waals surface area contributed by atoms with E-state index < -0.39 is 10.0 Å². The number of Topliss-reactive ketones (excluding diaryl/α,β-unsaturated/α-hetero) is 1. The van der Waals surface area contributed by atoms with Crippen molar-refractivity contribution in [1.82, 2.24) is 14.3 Å². The molecule has 1 amide bonds. The van der Waals surface area contributed by atoms with Gasteiger partial charge >= 0.3 is 0 Å². The minimum atomic E-state index is -3.81. The van der Waals surface area contributed by atoms with Crippen LogP contribution in [0.15, 0.2) is 35.5 Å². The summed E-state index contributed by atoms with van der Waals surface area (Å²) in [5.74, 6) is 0.873. The zero-order valence-corrected chi connectivity index (χ0v) is 22.1. The highest BCUT2D eigenvalue weighted by Gasteiger charge is 2.30. The summed E-state index contributed by atoms with van der Waals surface area (Å²) in [6, 6.07) is 6.69. The normalized spacial score (nSPS) is 16.7. The number of carbonyl (C=O) groups is 2. The topological polar surface area (TPSA) is 113 Å². The first kappa shape index (κ1) is 26.2. The van der Waals surface area contributed by atoms with Gasteiger partial charge in [0.05, 0.1) is 11.4 Å². The molecule has 0 bridgehead atoms. The number of amides is 1. The third kappa shape index (κ3) is 6.28. The molecular weight excluding hydrogens is 478 g/mol. The maximum Gasteiger partial charge on any atom is 0.274 e. The van der Waals surface area contributed by atoms with Gasteiger partial charge in [0.25, 0.3) is 5.91 Å². The molecule has 4 rings (SSSR count). The van der Waals surface area contributed by atoms with Crippen molar-refractivity contribution in [2.45, 2.75) is 69.7 Å². The van der Waals surface area contributed by atoms with Crippen molar-refractivity contribution in [3.05, 3.63) is 41.9 Å². The fourth-order valence-corrected chi connectivity index (χ4v) is 6.01. The summed E-state index contributed by atoms with van der Waals surface area (Å²) in [4.78, 5) is 35.6. The standard InChI is InChI=1S/C26H35N5O4S/c1-18-13-22(36(34,35)30(3)15-19(2)32)11-12-23(18)29-26(33)24-14-25(28-17-27-24)31(16-20-9-10-20)21-7-5-4-6-8-21/h11-14,17,20-21H,4-10,15-16H2,1-3H3,(H,29,33). The molecule has 1 aromatic heterocycles. The average Bonchev–Trinajstić information content (AvgIpc) is 3.68. The molecule has 2 aromatic rings. The first-order valence-electron chi connectivity index (χ1n) is 12.6. The van der Waals surface area contributed by atoms with Crippen molar-refractivity contribution < 1.29 is 18.0 Å². The number of sulfonamides is 1. The molecule has 2 aliphatic rings. The Morgan fingerprint density at radius 1 is 1.06 bits per heavy atom. The van der Waals surface area contributed by atoms with E-state index in [1.54, 1.807) is 19.1 Å². The van der Waals surface area contributed by atoms with Crippen LogP contribution in [0.3, 0.4) is 0 Å². The summed E-state index contributed by atoms with van der Waals surface area (Å²) in [7, 11) is -2.44. The van der Waals surface area contributed by atoms with Crippen molar-refractivity contribution in [1.29, 1.82) is 0 Å². The fourth-order valence-electron chi connectivity index (χ4n) is 4.73. The van der Waals surface area contributed by atoms with Crippen LogP contribution in [0.4, 0.5) is 11.5 Å². The molecular formula is C26H35N5O4S. The van der Waals surface area contributed by atoms with E-state index in [9.17, 15) is 18.0 Å². The van der Waals surface area contributed by atoms with E-state index in [-0.39, 0.29) is 28.8 Å². The Hall–Kier alpha value is -2.85. The van der Waals surface area contributed by atoms with Crippen molar-refractivity contribution >= 4 is 33.2 Å². The van der Waals surface area contributed by atoms with E-state index in [0.717, 1.165) is 29.5 Å². The zero-order chi connectivity index (χ0) is 25.9. The predicted molar refractivity (Wildman–Crippen MR) is 139 cm³/mol. The number of aryl methyl sites for hydroxylation is 1. The second kappa shape index (κ2) is 11.0. The number of aromatic nitrogens is 2. The SMILES string of the molecule is CC(=O)CN(C)S(=O)(=O)c1ccc(NC(=O)c2cc(N(CC3CC3)C3CCCCC3)ncn2)c(C)c1. The van der Waals surface area contributed by atoms with Gasteiger partial charge in [0.2, 0.25) is 10.0 Å². The molecule has 10 heteroatoms. The predicted octanol–water partition coefficient (Wildman–Crippen LogP) is 3.80. The molecule has 0 aliphatic heterocycles. The summed E-state index contributed by atoms with van der Waals surface area (Å²) in [5.41, 5.74) is 1.36. The minimum absolute atomic E-state index is 0.0641. The van der Waals surface area contributed by atoms with Crippen molar-refractivity contribution in [2.75, 3.05) is 30.4 Å². The maximum absolute atomic E-state index is 13.1. The quantitative estimate of drug-likeness (QED) is 0.514. The van der Waals surface area contributed by atoms with E-state index in [4.69, 9.17) is 0 Å². The monoisotopic (exact) mass is 513 g/mol. The number of anilines is 2. The summed E-state index contributed by atoms with van der Waals surface area (Å²) in [6.07, 6.45) is 9.95. The Labute approximate surface area is 213 Å². The van der Waals surface area contributed by atoms with Crippen LogP contribution in [0.25, 0.3) is 0 Å². The van der Waals surface area contributed by atoms with Crippen LogP contribution < -0.4 is 10.2 Å². The second-order valence-corrected chi connectivity index (χ2v) is 12.1. The van der Waals surface area contributed by atoms with Crippen LogP contribution in [0.2, 0.25) is 0 Å². The van der Waals surface area contributed by atoms with Crippen LogP contribution in [0, 0.1) is 12.8 Å². The highest BCUT2D eigenvalue weighted by atomic mass is 32.2. The number of hydrogen-bond donors (Lipinski definition) is 1. The van der Waals surface area contributed by atoms with Gasteiger partial charge in [0.1, 0.15) is 23.6 Å². The Kier molecular flexibility index (Phi) is 8.04. The number of nitrogens with one attached hydrogen (secondary N) is 1. The van der Waals surface area contributed by atoms with E-state index in [2.05, 4.69) is 20.2 Å². The van der Waals surface area contributed by atoms with E-state index in [1.807, 2.05) is 0 Å². The van der Waals surface area contributed by atoms with Gasteiger partial charge in [-0.05, 0) is 69.2 Å². The summed E-state index contributed by atoms with van der Waals surface area (Å²) < 4.78 is 26.5. The molecule has 1 N–H and O–H groups in total. The molecule has 0 spiro atoms. The Bertz CT molecular complexity index is 1220. The Morgan fingerprint density at radius 3 is 2.42 bits per heavy atom. The van der Waals surface area contributed by atoms with Crippen molar-refractivity contribution in [3.63, 3.8) is 0 Å². The van der Waals surface area contributed by atoms with Gasteiger partial charge in [-0.25, -0.2) is 18.4 Å². The second-order valence-electron chi connectivity index (χ2n) is 10.0. The van der Waals surface area contributed by atoms with Crippen LogP contribution >= 0.6 is 0 Å². The third-order valence-electron chi connectivity index (χ3n) is 6.95. The third-order valence-corrected chi connectivity index (χ3v) is 8.75. The van der Waals surface area contributed by atoms with Gasteiger partial charge in [0.15, 0.2) is 0 Å². The number of carbonyl (C=O) groups excluding carboxylic acids is 2. The number of ketones is 1. The highest BCUT2D eigenvalue weighted by molar-refractivity contribution is 7.89. The van der Waals surface area contributed by atoms with Gasteiger partial charge in [-0.3, -0.25) is 9.59 Å². The average molecular weight is 514 g/mol. The smallest absolute Gasteiger partial charge is 0.274 e. The number of benzene rings is 1. The Morgan fingerprint density at radius 2 is 1.78 bits per heavy atom. The molecule has 0 atom stereocenters. The Balaban J connectivity index is 1.50. The summed E-state index contributed by atoms with van der Waals surface area (Å²) in [6.45, 7) is 3.84. The molecule has 194 valence electrons. The van der Waals surface area contributed by atoms with Crippen molar-refractivity contribution in [3.8, 4) is 0 Å². The molecule has 2 fully saturated rings. The lowest BCUT2D eigenvalue weighted by Gasteiger charge is -2.35. The van der Waals surface area contributed by atoms with Gasteiger partial charge in [-0.2, -0.15) is 4.31 Å². The number of likely N-dealkylation sites (N-methyl/N-ethyl adjacent to an activating group) is 1. The van der Waals surface area contributed by atoms with Crippen molar-refractivity contribution in [2.24, 2.45) is 5.92 Å². The van der Waals surface area contributed by atoms with Crippen LogP contribution in [-0.2, 0) is 14.8 Å². The molecule has 9 nitrogen and oxygen atoms in total. The van der Waals surface area contributed by atoms with Crippen LogP contribution in [0.5, 0.6) is 0 Å². The van der Waals surface area contributed by atoms with E-state index in [1.165, 1.54) is 64.5 Å². The van der Waals surface area contributed by atoms with E-state index >= 15 is 0 Å². The maximum atomic E-state index is 13.1. The van der Waals surface area contributed by atoms with Crippen LogP contribution in [-0.4, -0.2) is 60.6 Å². The minimum Gasteiger partial charge on any atom is -0.353 e. The highest BCUT2D eigenvalue weighted by Crippen LogP contribution is 2.34. The van der Waals surface area contributed by atoms with Gasteiger partial charge in [-0.1, -0.05) is 19.3 Å². The van der Waals surface area contributed by atoms with E-state index in [0.29, 0.717) is 23.2 Å². The number of nitrogens with zero attached hydrogens (tertiary/aromatic N) is 4. The van der Waals surface area contributed by atoms with Crippen LogP contribution in [0.1, 0.15) is 67.9 Å². The molecule has 0 radical (unpaired) electrons. The number of hydrogen-bond acceptors (Lipinski definition) is 7. The molecule has 0 saturated heterocycles.